The number of carboxylic acids is 1. The summed E-state index contributed by atoms with van der Waals surface area (Å²) in [5, 5.41) is 8.97. The Hall–Kier alpha value is -1.29. The Balaban J connectivity index is 2.36. The fourth-order valence-electron chi connectivity index (χ4n) is 2.14. The number of ether oxygens (including phenoxy) is 1. The highest BCUT2D eigenvalue weighted by Gasteiger charge is 2.24. The van der Waals surface area contributed by atoms with Crippen molar-refractivity contribution in [3.05, 3.63) is 34.3 Å². The predicted molar refractivity (Wildman–Crippen MR) is 73.6 cm³/mol. The summed E-state index contributed by atoms with van der Waals surface area (Å²) in [4.78, 5) is 10.9. The standard InChI is InChI=1S/C14H15BrO3/c1-18-13-6-5-10(7-12(13)15)11(8-14(16)17)9-3-2-4-9/h5-9H,2-4H2,1H3,(H,16,17)/b11-8+. The molecule has 1 N–H and O–H groups in total. The number of aliphatic carboxylic acids is 1. The molecule has 0 bridgehead atoms. The van der Waals surface area contributed by atoms with Gasteiger partial charge in [0.05, 0.1) is 11.6 Å². The van der Waals surface area contributed by atoms with Crippen LogP contribution in [0.1, 0.15) is 24.8 Å². The molecule has 1 fully saturated rings. The molecule has 1 aromatic carbocycles. The van der Waals surface area contributed by atoms with Gasteiger partial charge in [0.1, 0.15) is 5.75 Å². The van der Waals surface area contributed by atoms with E-state index in [1.807, 2.05) is 18.2 Å². The van der Waals surface area contributed by atoms with Crippen LogP contribution < -0.4 is 4.74 Å². The quantitative estimate of drug-likeness (QED) is 0.862. The number of halogens is 1. The van der Waals surface area contributed by atoms with Crippen molar-refractivity contribution < 1.29 is 14.6 Å². The first kappa shape index (κ1) is 13.1. The van der Waals surface area contributed by atoms with Crippen molar-refractivity contribution in [2.45, 2.75) is 19.3 Å². The summed E-state index contributed by atoms with van der Waals surface area (Å²) in [6, 6.07) is 5.69. The Morgan fingerprint density at radius 2 is 2.22 bits per heavy atom. The van der Waals surface area contributed by atoms with Gasteiger partial charge in [0.15, 0.2) is 0 Å². The van der Waals surface area contributed by atoms with Crippen molar-refractivity contribution in [2.75, 3.05) is 7.11 Å². The Bertz CT molecular complexity index is 490. The van der Waals surface area contributed by atoms with Crippen molar-refractivity contribution in [1.29, 1.82) is 0 Å². The van der Waals surface area contributed by atoms with Gasteiger partial charge >= 0.3 is 5.97 Å². The van der Waals surface area contributed by atoms with Crippen molar-refractivity contribution in [2.24, 2.45) is 5.92 Å². The molecule has 1 aliphatic rings. The van der Waals surface area contributed by atoms with E-state index in [2.05, 4.69) is 15.9 Å². The number of benzene rings is 1. The molecule has 96 valence electrons. The highest BCUT2D eigenvalue weighted by Crippen LogP contribution is 2.40. The van der Waals surface area contributed by atoms with Gasteiger partial charge in [-0.3, -0.25) is 0 Å². The molecule has 0 unspecified atom stereocenters. The fourth-order valence-corrected chi connectivity index (χ4v) is 2.68. The van der Waals surface area contributed by atoms with Gasteiger partial charge in [-0.25, -0.2) is 4.79 Å². The second-order valence-electron chi connectivity index (χ2n) is 4.42. The van der Waals surface area contributed by atoms with Crippen LogP contribution in [-0.4, -0.2) is 18.2 Å². The summed E-state index contributed by atoms with van der Waals surface area (Å²) in [5.74, 6) is 0.243. The van der Waals surface area contributed by atoms with Gasteiger partial charge in [0, 0.05) is 6.08 Å². The topological polar surface area (TPSA) is 46.5 Å². The molecule has 0 aliphatic heterocycles. The molecular formula is C14H15BrO3. The molecule has 0 saturated heterocycles. The third-order valence-corrected chi connectivity index (χ3v) is 3.93. The second kappa shape index (κ2) is 5.57. The molecule has 0 spiro atoms. The zero-order chi connectivity index (χ0) is 13.1. The minimum atomic E-state index is -0.885. The van der Waals surface area contributed by atoms with Crippen molar-refractivity contribution in [3.63, 3.8) is 0 Å². The van der Waals surface area contributed by atoms with Crippen LogP contribution in [0.15, 0.2) is 28.7 Å². The SMILES string of the molecule is COc1ccc(/C(=C/C(=O)O)C2CCC2)cc1Br. The van der Waals surface area contributed by atoms with Gasteiger partial charge in [-0.05, 0) is 58.0 Å². The molecule has 0 atom stereocenters. The maximum Gasteiger partial charge on any atom is 0.328 e. The average molecular weight is 311 g/mol. The average Bonchev–Trinajstić information content (AvgIpc) is 2.25. The summed E-state index contributed by atoms with van der Waals surface area (Å²) in [7, 11) is 1.61. The van der Waals surface area contributed by atoms with Crippen LogP contribution in [0.2, 0.25) is 0 Å². The van der Waals surface area contributed by atoms with Gasteiger partial charge in [-0.15, -0.1) is 0 Å². The van der Waals surface area contributed by atoms with Gasteiger partial charge in [0.25, 0.3) is 0 Å². The van der Waals surface area contributed by atoms with Crippen molar-refractivity contribution in [1.82, 2.24) is 0 Å². The van der Waals surface area contributed by atoms with Crippen LogP contribution in [0.4, 0.5) is 0 Å². The van der Waals surface area contributed by atoms with E-state index in [-0.39, 0.29) is 0 Å². The monoisotopic (exact) mass is 310 g/mol. The van der Waals surface area contributed by atoms with Gasteiger partial charge in [0.2, 0.25) is 0 Å². The summed E-state index contributed by atoms with van der Waals surface area (Å²) in [6.07, 6.45) is 4.66. The Labute approximate surface area is 115 Å². The normalized spacial score (nSPS) is 16.2. The molecule has 1 saturated carbocycles. The number of carboxylic acid groups (broad SMARTS) is 1. The smallest absolute Gasteiger partial charge is 0.328 e. The van der Waals surface area contributed by atoms with Crippen LogP contribution in [0.3, 0.4) is 0 Å². The molecule has 0 aromatic heterocycles. The zero-order valence-corrected chi connectivity index (χ0v) is 11.7. The number of carbonyl (C=O) groups is 1. The predicted octanol–water partition coefficient (Wildman–Crippen LogP) is 3.73. The lowest BCUT2D eigenvalue weighted by Crippen LogP contribution is -2.14. The lowest BCUT2D eigenvalue weighted by atomic mass is 9.77. The van der Waals surface area contributed by atoms with E-state index in [0.29, 0.717) is 5.92 Å². The Morgan fingerprint density at radius 1 is 1.50 bits per heavy atom. The molecule has 3 nitrogen and oxygen atoms in total. The van der Waals surface area contributed by atoms with E-state index < -0.39 is 5.97 Å². The van der Waals surface area contributed by atoms with Gasteiger partial charge < -0.3 is 9.84 Å². The largest absolute Gasteiger partial charge is 0.496 e. The summed E-state index contributed by atoms with van der Waals surface area (Å²) >= 11 is 3.43. The number of allylic oxidation sites excluding steroid dienone is 1. The maximum absolute atomic E-state index is 10.9. The van der Waals surface area contributed by atoms with E-state index in [9.17, 15) is 4.79 Å². The van der Waals surface area contributed by atoms with E-state index in [1.54, 1.807) is 7.11 Å². The maximum atomic E-state index is 10.9. The molecule has 1 aliphatic carbocycles. The Morgan fingerprint density at radius 3 is 2.67 bits per heavy atom. The Kier molecular flexibility index (Phi) is 4.07. The fraction of sp³-hybridized carbons (Fsp3) is 0.357. The zero-order valence-electron chi connectivity index (χ0n) is 10.1. The van der Waals surface area contributed by atoms with E-state index in [0.717, 1.165) is 34.2 Å². The molecule has 2 rings (SSSR count). The van der Waals surface area contributed by atoms with E-state index in [1.165, 1.54) is 12.5 Å². The number of methoxy groups -OCH3 is 1. The first-order chi connectivity index (χ1) is 8.61. The van der Waals surface area contributed by atoms with Crippen molar-refractivity contribution in [3.8, 4) is 5.75 Å². The molecule has 0 amide bonds. The number of hydrogen-bond acceptors (Lipinski definition) is 2. The minimum absolute atomic E-state index is 0.376. The summed E-state index contributed by atoms with van der Waals surface area (Å²) < 4.78 is 6.02. The molecular weight excluding hydrogens is 296 g/mol. The third kappa shape index (κ3) is 2.75. The highest BCUT2D eigenvalue weighted by atomic mass is 79.9. The number of hydrogen-bond donors (Lipinski definition) is 1. The number of rotatable bonds is 4. The van der Waals surface area contributed by atoms with Crippen LogP contribution >= 0.6 is 15.9 Å². The van der Waals surface area contributed by atoms with E-state index in [4.69, 9.17) is 9.84 Å². The van der Waals surface area contributed by atoms with Crippen LogP contribution in [0.25, 0.3) is 5.57 Å². The molecule has 18 heavy (non-hydrogen) atoms. The summed E-state index contributed by atoms with van der Waals surface area (Å²) in [6.45, 7) is 0. The van der Waals surface area contributed by atoms with Crippen molar-refractivity contribution >= 4 is 27.5 Å². The van der Waals surface area contributed by atoms with Crippen LogP contribution in [-0.2, 0) is 4.79 Å². The summed E-state index contributed by atoms with van der Waals surface area (Å²) in [5.41, 5.74) is 1.87. The highest BCUT2D eigenvalue weighted by molar-refractivity contribution is 9.10. The molecule has 0 heterocycles. The molecule has 4 heteroatoms. The lowest BCUT2D eigenvalue weighted by molar-refractivity contribution is -0.131. The first-order valence-electron chi connectivity index (χ1n) is 5.90. The first-order valence-corrected chi connectivity index (χ1v) is 6.69. The lowest BCUT2D eigenvalue weighted by Gasteiger charge is -2.28. The molecule has 0 radical (unpaired) electrons. The third-order valence-electron chi connectivity index (χ3n) is 3.31. The van der Waals surface area contributed by atoms with Gasteiger partial charge in [-0.2, -0.15) is 0 Å². The van der Waals surface area contributed by atoms with Crippen LogP contribution in [0, 0.1) is 5.92 Å². The second-order valence-corrected chi connectivity index (χ2v) is 5.27. The van der Waals surface area contributed by atoms with Gasteiger partial charge in [-0.1, -0.05) is 12.5 Å². The molecule has 1 aromatic rings. The van der Waals surface area contributed by atoms with Crippen LogP contribution in [0.5, 0.6) is 5.75 Å². The van der Waals surface area contributed by atoms with E-state index >= 15 is 0 Å². The minimum Gasteiger partial charge on any atom is -0.496 e.